The Bertz CT molecular complexity index is 402. The second-order valence-electron chi connectivity index (χ2n) is 4.19. The van der Waals surface area contributed by atoms with E-state index in [2.05, 4.69) is 9.88 Å². The van der Waals surface area contributed by atoms with Crippen LogP contribution in [0.1, 0.15) is 19.4 Å². The lowest BCUT2D eigenvalue weighted by atomic mass is 10.2. The van der Waals surface area contributed by atoms with E-state index in [1.54, 1.807) is 18.5 Å². The molecule has 3 N–H and O–H groups in total. The van der Waals surface area contributed by atoms with Crippen molar-refractivity contribution in [1.29, 1.82) is 5.41 Å². The fourth-order valence-electron chi connectivity index (χ4n) is 1.86. The quantitative estimate of drug-likeness (QED) is 0.383. The highest BCUT2D eigenvalue weighted by Crippen LogP contribution is 2.18. The van der Waals surface area contributed by atoms with Crippen molar-refractivity contribution in [3.05, 3.63) is 24.0 Å². The average molecular weight is 280 g/mol. The number of nitrogens with zero attached hydrogens (tertiary/aromatic N) is 2. The molecular formula is C14H24N4O2. The number of hydrogen-bond donors (Lipinski definition) is 2. The molecule has 0 aliphatic heterocycles. The monoisotopic (exact) mass is 280 g/mol. The smallest absolute Gasteiger partial charge is 0.125 e. The van der Waals surface area contributed by atoms with Crippen LogP contribution in [0.2, 0.25) is 0 Å². The lowest BCUT2D eigenvalue weighted by Crippen LogP contribution is -2.33. The van der Waals surface area contributed by atoms with Gasteiger partial charge in [-0.1, -0.05) is 0 Å². The Morgan fingerprint density at radius 1 is 1.25 bits per heavy atom. The molecule has 0 aromatic carbocycles. The van der Waals surface area contributed by atoms with Gasteiger partial charge in [0.25, 0.3) is 0 Å². The molecule has 0 spiro atoms. The van der Waals surface area contributed by atoms with E-state index in [1.807, 2.05) is 13.8 Å². The van der Waals surface area contributed by atoms with Crippen molar-refractivity contribution >= 4 is 11.5 Å². The van der Waals surface area contributed by atoms with Crippen molar-refractivity contribution in [3.8, 4) is 0 Å². The maximum atomic E-state index is 7.66. The van der Waals surface area contributed by atoms with E-state index < -0.39 is 0 Å². The highest BCUT2D eigenvalue weighted by Gasteiger charge is 2.13. The standard InChI is InChI=1S/C14H24N4O2/c1-3-19-9-7-18(8-10-20-4-2)13-11-17-6-5-12(13)14(15)16/h5-6,11H,3-4,7-10H2,1-2H3,(H3,15,16). The Kier molecular flexibility index (Phi) is 7.60. The lowest BCUT2D eigenvalue weighted by molar-refractivity contribution is 0.141. The molecule has 0 aliphatic rings. The Morgan fingerprint density at radius 2 is 1.85 bits per heavy atom. The van der Waals surface area contributed by atoms with Gasteiger partial charge in [-0.25, -0.2) is 0 Å². The Hall–Kier alpha value is -1.66. The van der Waals surface area contributed by atoms with Crippen molar-refractivity contribution in [1.82, 2.24) is 4.98 Å². The van der Waals surface area contributed by atoms with E-state index in [1.165, 1.54) is 0 Å². The molecule has 112 valence electrons. The molecule has 1 rings (SSSR count). The number of hydrogen-bond acceptors (Lipinski definition) is 5. The predicted molar refractivity (Wildman–Crippen MR) is 80.5 cm³/mol. The molecular weight excluding hydrogens is 256 g/mol. The lowest BCUT2D eigenvalue weighted by Gasteiger charge is -2.26. The first-order valence-electron chi connectivity index (χ1n) is 6.89. The van der Waals surface area contributed by atoms with Gasteiger partial charge in [-0.05, 0) is 19.9 Å². The van der Waals surface area contributed by atoms with Crippen molar-refractivity contribution in [2.75, 3.05) is 44.4 Å². The number of amidine groups is 1. The minimum Gasteiger partial charge on any atom is -0.384 e. The van der Waals surface area contributed by atoms with Gasteiger partial charge in [0.05, 0.1) is 25.1 Å². The molecule has 0 fully saturated rings. The van der Waals surface area contributed by atoms with E-state index in [9.17, 15) is 0 Å². The third-order valence-corrected chi connectivity index (χ3v) is 2.85. The van der Waals surface area contributed by atoms with Crippen LogP contribution in [-0.4, -0.2) is 50.3 Å². The van der Waals surface area contributed by atoms with Crippen LogP contribution in [0, 0.1) is 5.41 Å². The van der Waals surface area contributed by atoms with Gasteiger partial charge in [0.1, 0.15) is 5.84 Å². The van der Waals surface area contributed by atoms with Gasteiger partial charge >= 0.3 is 0 Å². The minimum atomic E-state index is 0.0419. The third kappa shape index (κ3) is 5.14. The van der Waals surface area contributed by atoms with Crippen molar-refractivity contribution in [2.24, 2.45) is 5.73 Å². The molecule has 0 saturated heterocycles. The molecule has 0 radical (unpaired) electrons. The molecule has 20 heavy (non-hydrogen) atoms. The van der Waals surface area contributed by atoms with Gasteiger partial charge in [0.15, 0.2) is 0 Å². The van der Waals surface area contributed by atoms with E-state index >= 15 is 0 Å². The number of ether oxygens (including phenoxy) is 2. The molecule has 0 unspecified atom stereocenters. The zero-order chi connectivity index (χ0) is 14.8. The maximum Gasteiger partial charge on any atom is 0.125 e. The molecule has 1 aromatic heterocycles. The normalized spacial score (nSPS) is 10.5. The van der Waals surface area contributed by atoms with Crippen LogP contribution < -0.4 is 10.6 Å². The first-order valence-corrected chi connectivity index (χ1v) is 6.89. The predicted octanol–water partition coefficient (Wildman–Crippen LogP) is 1.25. The molecule has 0 bridgehead atoms. The fraction of sp³-hybridized carbons (Fsp3) is 0.571. The first kappa shape index (κ1) is 16.4. The average Bonchev–Trinajstić information content (AvgIpc) is 2.46. The second-order valence-corrected chi connectivity index (χ2v) is 4.19. The largest absolute Gasteiger partial charge is 0.384 e. The Balaban J connectivity index is 2.81. The molecule has 0 saturated carbocycles. The third-order valence-electron chi connectivity index (χ3n) is 2.85. The van der Waals surface area contributed by atoms with Crippen LogP contribution in [0.5, 0.6) is 0 Å². The number of anilines is 1. The number of nitrogens with two attached hydrogens (primary N) is 1. The van der Waals surface area contributed by atoms with E-state index in [4.69, 9.17) is 20.6 Å². The number of pyridine rings is 1. The van der Waals surface area contributed by atoms with Crippen molar-refractivity contribution < 1.29 is 9.47 Å². The number of rotatable bonds is 10. The summed E-state index contributed by atoms with van der Waals surface area (Å²) >= 11 is 0. The second kappa shape index (κ2) is 9.28. The van der Waals surface area contributed by atoms with E-state index in [-0.39, 0.29) is 5.84 Å². The van der Waals surface area contributed by atoms with Crippen LogP contribution in [0.25, 0.3) is 0 Å². The van der Waals surface area contributed by atoms with E-state index in [0.29, 0.717) is 45.1 Å². The van der Waals surface area contributed by atoms with Crippen molar-refractivity contribution in [3.63, 3.8) is 0 Å². The zero-order valence-corrected chi connectivity index (χ0v) is 12.3. The summed E-state index contributed by atoms with van der Waals surface area (Å²) in [7, 11) is 0. The molecule has 0 atom stereocenters. The molecule has 6 nitrogen and oxygen atoms in total. The van der Waals surface area contributed by atoms with Gasteiger partial charge in [0.2, 0.25) is 0 Å². The Morgan fingerprint density at radius 3 is 2.35 bits per heavy atom. The minimum absolute atomic E-state index is 0.0419. The van der Waals surface area contributed by atoms with Gasteiger partial charge < -0.3 is 20.1 Å². The van der Waals surface area contributed by atoms with Crippen LogP contribution in [0.3, 0.4) is 0 Å². The number of nitrogen functional groups attached to an aromatic ring is 1. The highest BCUT2D eigenvalue weighted by atomic mass is 16.5. The SMILES string of the molecule is CCOCCN(CCOCC)c1cnccc1C(=N)N. The van der Waals surface area contributed by atoms with Gasteiger partial charge in [-0.2, -0.15) is 0 Å². The maximum absolute atomic E-state index is 7.66. The number of aromatic nitrogens is 1. The van der Waals surface area contributed by atoms with Crippen LogP contribution in [0.4, 0.5) is 5.69 Å². The van der Waals surface area contributed by atoms with Gasteiger partial charge in [0, 0.05) is 38.1 Å². The fourth-order valence-corrected chi connectivity index (χ4v) is 1.86. The first-order chi connectivity index (χ1) is 9.70. The molecule has 6 heteroatoms. The van der Waals surface area contributed by atoms with E-state index in [0.717, 1.165) is 5.69 Å². The summed E-state index contributed by atoms with van der Waals surface area (Å²) in [5.41, 5.74) is 7.16. The summed E-state index contributed by atoms with van der Waals surface area (Å²) in [6.07, 6.45) is 3.37. The highest BCUT2D eigenvalue weighted by molar-refractivity contribution is 6.00. The van der Waals surface area contributed by atoms with Crippen molar-refractivity contribution in [2.45, 2.75) is 13.8 Å². The topological polar surface area (TPSA) is 84.5 Å². The molecule has 1 aromatic rings. The molecule has 0 aliphatic carbocycles. The summed E-state index contributed by atoms with van der Waals surface area (Å²) in [5, 5.41) is 7.66. The number of nitrogens with one attached hydrogen (secondary N) is 1. The Labute approximate surface area is 120 Å². The summed E-state index contributed by atoms with van der Waals surface area (Å²) in [4.78, 5) is 6.22. The van der Waals surface area contributed by atoms with Crippen LogP contribution in [0.15, 0.2) is 18.5 Å². The van der Waals surface area contributed by atoms with Crippen LogP contribution in [-0.2, 0) is 9.47 Å². The summed E-state index contributed by atoms with van der Waals surface area (Å²) in [6, 6.07) is 1.76. The van der Waals surface area contributed by atoms with Gasteiger partial charge in [-0.3, -0.25) is 10.4 Å². The van der Waals surface area contributed by atoms with Crippen LogP contribution >= 0.6 is 0 Å². The summed E-state index contributed by atoms with van der Waals surface area (Å²) < 4.78 is 10.8. The summed E-state index contributed by atoms with van der Waals surface area (Å²) in [6.45, 7) is 7.98. The summed E-state index contributed by atoms with van der Waals surface area (Å²) in [5.74, 6) is 0.0419. The zero-order valence-electron chi connectivity index (χ0n) is 12.3. The van der Waals surface area contributed by atoms with Gasteiger partial charge in [-0.15, -0.1) is 0 Å². The molecule has 0 amide bonds. The molecule has 1 heterocycles.